The van der Waals surface area contributed by atoms with E-state index in [0.29, 0.717) is 23.8 Å². The fraction of sp³-hybridized carbons (Fsp3) is 0.591. The number of amides is 2. The number of carbonyl (C=O) groups excluding carboxylic acids is 2. The second kappa shape index (κ2) is 9.03. The van der Waals surface area contributed by atoms with Crippen LogP contribution in [-0.4, -0.2) is 29.8 Å². The van der Waals surface area contributed by atoms with Gasteiger partial charge in [-0.15, -0.1) is 0 Å². The van der Waals surface area contributed by atoms with Crippen molar-refractivity contribution >= 4 is 11.8 Å². The lowest BCUT2D eigenvalue weighted by molar-refractivity contribution is -0.130. The first-order valence-electron chi connectivity index (χ1n) is 10.1. The molecule has 27 heavy (non-hydrogen) atoms. The standard InChI is InChI=1S/C22H29N3O2/c1-16(26)25-12-10-17(11-13-25)14-21(27)24-22(19-4-2-3-5-19)20-8-6-18(15-23)7-9-20/h6-9,17,19,22H,2-5,10-14H2,1H3,(H,24,27). The first-order valence-corrected chi connectivity index (χ1v) is 10.1. The fourth-order valence-corrected chi connectivity index (χ4v) is 4.48. The molecule has 144 valence electrons. The number of hydrogen-bond acceptors (Lipinski definition) is 3. The Kier molecular flexibility index (Phi) is 6.49. The number of carbonyl (C=O) groups is 2. The van der Waals surface area contributed by atoms with Crippen LogP contribution in [0.4, 0.5) is 0 Å². The Balaban J connectivity index is 1.61. The van der Waals surface area contributed by atoms with Gasteiger partial charge in [-0.1, -0.05) is 25.0 Å². The Morgan fingerprint density at radius 2 is 1.78 bits per heavy atom. The van der Waals surface area contributed by atoms with Gasteiger partial charge in [-0.05, 0) is 55.2 Å². The molecule has 1 aromatic carbocycles. The lowest BCUT2D eigenvalue weighted by atomic mass is 9.89. The number of piperidine rings is 1. The van der Waals surface area contributed by atoms with Gasteiger partial charge >= 0.3 is 0 Å². The topological polar surface area (TPSA) is 73.2 Å². The van der Waals surface area contributed by atoms with Gasteiger partial charge < -0.3 is 10.2 Å². The molecule has 1 atom stereocenters. The molecule has 1 aliphatic carbocycles. The largest absolute Gasteiger partial charge is 0.349 e. The first kappa shape index (κ1) is 19.4. The molecular weight excluding hydrogens is 338 g/mol. The van der Waals surface area contributed by atoms with Gasteiger partial charge in [0.25, 0.3) is 0 Å². The lowest BCUT2D eigenvalue weighted by Gasteiger charge is -2.32. The highest BCUT2D eigenvalue weighted by Crippen LogP contribution is 2.36. The van der Waals surface area contributed by atoms with E-state index in [1.54, 1.807) is 6.92 Å². The molecule has 2 aliphatic rings. The molecule has 0 bridgehead atoms. The number of hydrogen-bond donors (Lipinski definition) is 1. The maximum absolute atomic E-state index is 12.7. The molecule has 0 aromatic heterocycles. The highest BCUT2D eigenvalue weighted by Gasteiger charge is 2.29. The molecule has 5 heteroatoms. The van der Waals surface area contributed by atoms with Crippen molar-refractivity contribution in [1.82, 2.24) is 10.2 Å². The third kappa shape index (κ3) is 5.09. The monoisotopic (exact) mass is 367 g/mol. The molecule has 1 saturated heterocycles. The van der Waals surface area contributed by atoms with Crippen LogP contribution in [0.3, 0.4) is 0 Å². The summed E-state index contributed by atoms with van der Waals surface area (Å²) in [5.74, 6) is 1.06. The Bertz CT molecular complexity index is 693. The minimum Gasteiger partial charge on any atom is -0.349 e. The van der Waals surface area contributed by atoms with Crippen LogP contribution >= 0.6 is 0 Å². The molecule has 0 spiro atoms. The summed E-state index contributed by atoms with van der Waals surface area (Å²) in [5, 5.41) is 12.3. The number of nitrogens with zero attached hydrogens (tertiary/aromatic N) is 2. The van der Waals surface area contributed by atoms with Crippen molar-refractivity contribution in [2.24, 2.45) is 11.8 Å². The van der Waals surface area contributed by atoms with Crippen molar-refractivity contribution in [3.63, 3.8) is 0 Å². The average molecular weight is 367 g/mol. The van der Waals surface area contributed by atoms with E-state index in [0.717, 1.165) is 44.3 Å². The SMILES string of the molecule is CC(=O)N1CCC(CC(=O)NC(c2ccc(C#N)cc2)C2CCCC2)CC1. The molecule has 1 aromatic rings. The van der Waals surface area contributed by atoms with E-state index in [2.05, 4.69) is 11.4 Å². The normalized spacial score (nSPS) is 19.5. The van der Waals surface area contributed by atoms with Crippen molar-refractivity contribution in [2.75, 3.05) is 13.1 Å². The zero-order chi connectivity index (χ0) is 19.2. The Morgan fingerprint density at radius 3 is 2.33 bits per heavy atom. The van der Waals surface area contributed by atoms with Crippen LogP contribution in [0.25, 0.3) is 0 Å². The summed E-state index contributed by atoms with van der Waals surface area (Å²) >= 11 is 0. The molecule has 1 aliphatic heterocycles. The summed E-state index contributed by atoms with van der Waals surface area (Å²) in [6.07, 6.45) is 7.05. The third-order valence-corrected chi connectivity index (χ3v) is 6.12. The molecule has 2 amide bonds. The van der Waals surface area contributed by atoms with E-state index in [-0.39, 0.29) is 17.9 Å². The van der Waals surface area contributed by atoms with E-state index < -0.39 is 0 Å². The van der Waals surface area contributed by atoms with Gasteiger partial charge in [-0.2, -0.15) is 5.26 Å². The highest BCUT2D eigenvalue weighted by molar-refractivity contribution is 5.77. The highest BCUT2D eigenvalue weighted by atomic mass is 16.2. The molecule has 1 heterocycles. The second-order valence-electron chi connectivity index (χ2n) is 7.98. The van der Waals surface area contributed by atoms with Gasteiger partial charge in [-0.25, -0.2) is 0 Å². The van der Waals surface area contributed by atoms with E-state index in [1.807, 2.05) is 29.2 Å². The molecule has 5 nitrogen and oxygen atoms in total. The smallest absolute Gasteiger partial charge is 0.220 e. The third-order valence-electron chi connectivity index (χ3n) is 6.12. The summed E-state index contributed by atoms with van der Waals surface area (Å²) in [7, 11) is 0. The second-order valence-corrected chi connectivity index (χ2v) is 7.98. The molecule has 1 saturated carbocycles. The summed E-state index contributed by atoms with van der Waals surface area (Å²) in [5.41, 5.74) is 1.74. The summed E-state index contributed by atoms with van der Waals surface area (Å²) in [6, 6.07) is 9.81. The van der Waals surface area contributed by atoms with Crippen LogP contribution < -0.4 is 5.32 Å². The number of nitriles is 1. The maximum Gasteiger partial charge on any atom is 0.220 e. The summed E-state index contributed by atoms with van der Waals surface area (Å²) in [6.45, 7) is 3.13. The molecule has 1 N–H and O–H groups in total. The van der Waals surface area contributed by atoms with Crippen molar-refractivity contribution < 1.29 is 9.59 Å². The van der Waals surface area contributed by atoms with E-state index in [1.165, 1.54) is 12.8 Å². The molecule has 0 radical (unpaired) electrons. The number of likely N-dealkylation sites (tertiary alicyclic amines) is 1. The van der Waals surface area contributed by atoms with E-state index in [4.69, 9.17) is 5.26 Å². The van der Waals surface area contributed by atoms with Gasteiger partial charge in [0, 0.05) is 26.4 Å². The van der Waals surface area contributed by atoms with Crippen LogP contribution in [0.2, 0.25) is 0 Å². The van der Waals surface area contributed by atoms with Crippen LogP contribution in [0.15, 0.2) is 24.3 Å². The minimum atomic E-state index is 0.0325. The fourth-order valence-electron chi connectivity index (χ4n) is 4.48. The lowest BCUT2D eigenvalue weighted by Crippen LogP contribution is -2.39. The van der Waals surface area contributed by atoms with Crippen molar-refractivity contribution in [1.29, 1.82) is 5.26 Å². The molecule has 3 rings (SSSR count). The van der Waals surface area contributed by atoms with Crippen LogP contribution in [-0.2, 0) is 9.59 Å². The Labute approximate surface area is 161 Å². The predicted octanol–water partition coefficient (Wildman–Crippen LogP) is 3.55. The summed E-state index contributed by atoms with van der Waals surface area (Å²) < 4.78 is 0. The molecular formula is C22H29N3O2. The molecule has 2 fully saturated rings. The van der Waals surface area contributed by atoms with Gasteiger partial charge in [0.2, 0.25) is 11.8 Å². The number of benzene rings is 1. The van der Waals surface area contributed by atoms with Crippen LogP contribution in [0.5, 0.6) is 0 Å². The zero-order valence-corrected chi connectivity index (χ0v) is 16.1. The van der Waals surface area contributed by atoms with E-state index in [9.17, 15) is 9.59 Å². The number of rotatable bonds is 5. The van der Waals surface area contributed by atoms with Crippen LogP contribution in [0, 0.1) is 23.2 Å². The van der Waals surface area contributed by atoms with Gasteiger partial charge in [0.15, 0.2) is 0 Å². The van der Waals surface area contributed by atoms with Gasteiger partial charge in [0.05, 0.1) is 17.7 Å². The van der Waals surface area contributed by atoms with Crippen molar-refractivity contribution in [3.05, 3.63) is 35.4 Å². The van der Waals surface area contributed by atoms with E-state index >= 15 is 0 Å². The predicted molar refractivity (Wildman–Crippen MR) is 104 cm³/mol. The quantitative estimate of drug-likeness (QED) is 0.865. The summed E-state index contributed by atoms with van der Waals surface area (Å²) in [4.78, 5) is 26.1. The zero-order valence-electron chi connectivity index (χ0n) is 16.1. The van der Waals surface area contributed by atoms with Crippen molar-refractivity contribution in [3.8, 4) is 6.07 Å². The van der Waals surface area contributed by atoms with Crippen LogP contribution in [0.1, 0.15) is 69.0 Å². The minimum absolute atomic E-state index is 0.0325. The number of nitrogens with one attached hydrogen (secondary N) is 1. The Hall–Kier alpha value is -2.35. The average Bonchev–Trinajstić information content (AvgIpc) is 3.21. The molecule has 1 unspecified atom stereocenters. The van der Waals surface area contributed by atoms with Gasteiger partial charge in [0.1, 0.15) is 0 Å². The maximum atomic E-state index is 12.7. The van der Waals surface area contributed by atoms with Gasteiger partial charge in [-0.3, -0.25) is 9.59 Å². The first-order chi connectivity index (χ1) is 13.1. The van der Waals surface area contributed by atoms with Crippen molar-refractivity contribution in [2.45, 2.75) is 57.9 Å². The Morgan fingerprint density at radius 1 is 1.15 bits per heavy atom.